The Labute approximate surface area is 194 Å². The molecule has 4 N–H and O–H groups in total. The van der Waals surface area contributed by atoms with E-state index in [0.29, 0.717) is 0 Å². The molecule has 2 aromatic rings. The van der Waals surface area contributed by atoms with E-state index in [2.05, 4.69) is 10.6 Å². The van der Waals surface area contributed by atoms with Gasteiger partial charge in [-0.1, -0.05) is 17.7 Å². The van der Waals surface area contributed by atoms with E-state index in [1.54, 1.807) is 0 Å². The van der Waals surface area contributed by atoms with Gasteiger partial charge in [-0.25, -0.2) is 22.0 Å². The largest absolute Gasteiger partial charge is 0.352 e. The molecule has 0 bridgehead atoms. The number of halogens is 3. The average molecular weight is 502 g/mol. The van der Waals surface area contributed by atoms with Gasteiger partial charge in [0, 0.05) is 31.9 Å². The minimum Gasteiger partial charge on any atom is -0.352 e. The molecular formula is C20H22ClF2N5O4S. The van der Waals surface area contributed by atoms with E-state index >= 15 is 0 Å². The standard InChI is InChI=1S/C20H22ClF2N5O4S/c21-16-12-15(5-6-17(16)23)33(31,32)28-10-2-9-27(19(28)18(29)25-8-7-24)20(30)26-14-4-1-3-13(22)11-14/h1,3-6,11-12,19H,2,7-10,24H2,(H,25,29)(H,26,30). The Bertz CT molecular complexity index is 1150. The molecule has 0 radical (unpaired) electrons. The van der Waals surface area contributed by atoms with Crippen molar-refractivity contribution in [1.29, 1.82) is 0 Å². The first-order valence-electron chi connectivity index (χ1n) is 9.93. The quantitative estimate of drug-likeness (QED) is 0.558. The van der Waals surface area contributed by atoms with Crippen LogP contribution in [0.1, 0.15) is 6.42 Å². The Balaban J connectivity index is 1.97. The van der Waals surface area contributed by atoms with Crippen LogP contribution in [0, 0.1) is 11.6 Å². The van der Waals surface area contributed by atoms with Crippen molar-refractivity contribution in [3.8, 4) is 0 Å². The van der Waals surface area contributed by atoms with Gasteiger partial charge in [0.1, 0.15) is 11.6 Å². The first-order valence-corrected chi connectivity index (χ1v) is 11.7. The summed E-state index contributed by atoms with van der Waals surface area (Å²) < 4.78 is 54.6. The van der Waals surface area contributed by atoms with Crippen molar-refractivity contribution in [3.63, 3.8) is 0 Å². The summed E-state index contributed by atoms with van der Waals surface area (Å²) >= 11 is 5.75. The molecule has 178 valence electrons. The highest BCUT2D eigenvalue weighted by atomic mass is 35.5. The van der Waals surface area contributed by atoms with Gasteiger partial charge >= 0.3 is 6.03 Å². The van der Waals surface area contributed by atoms with E-state index in [-0.39, 0.29) is 43.2 Å². The highest BCUT2D eigenvalue weighted by Gasteiger charge is 2.44. The second kappa shape index (κ2) is 10.4. The lowest BCUT2D eigenvalue weighted by molar-refractivity contribution is -0.130. The third-order valence-corrected chi connectivity index (χ3v) is 7.00. The average Bonchev–Trinajstić information content (AvgIpc) is 2.78. The number of hydrogen-bond donors (Lipinski definition) is 3. The van der Waals surface area contributed by atoms with Crippen molar-refractivity contribution in [2.75, 3.05) is 31.5 Å². The van der Waals surface area contributed by atoms with Crippen LogP contribution in [0.5, 0.6) is 0 Å². The number of rotatable bonds is 6. The number of nitrogens with one attached hydrogen (secondary N) is 2. The predicted molar refractivity (Wildman–Crippen MR) is 118 cm³/mol. The normalized spacial score (nSPS) is 17.0. The molecule has 13 heteroatoms. The minimum atomic E-state index is -4.36. The van der Waals surface area contributed by atoms with Crippen LogP contribution >= 0.6 is 11.6 Å². The lowest BCUT2D eigenvalue weighted by atomic mass is 10.2. The summed E-state index contributed by atoms with van der Waals surface area (Å²) in [6, 6.07) is 7.18. The molecule has 3 amide bonds. The monoisotopic (exact) mass is 501 g/mol. The molecule has 0 saturated carbocycles. The van der Waals surface area contributed by atoms with Crippen LogP contribution < -0.4 is 16.4 Å². The van der Waals surface area contributed by atoms with Crippen LogP contribution in [0.25, 0.3) is 0 Å². The van der Waals surface area contributed by atoms with Crippen molar-refractivity contribution in [2.45, 2.75) is 17.5 Å². The summed E-state index contributed by atoms with van der Waals surface area (Å²) in [4.78, 5) is 26.6. The first kappa shape index (κ1) is 24.8. The SMILES string of the molecule is NCCNC(=O)C1N(C(=O)Nc2cccc(F)c2)CCCN1S(=O)(=O)c1ccc(F)c(Cl)c1. The summed E-state index contributed by atoms with van der Waals surface area (Å²) in [5.41, 5.74) is 5.57. The summed E-state index contributed by atoms with van der Waals surface area (Å²) in [6.07, 6.45) is -1.35. The molecule has 1 atom stereocenters. The van der Waals surface area contributed by atoms with E-state index < -0.39 is 44.8 Å². The van der Waals surface area contributed by atoms with Crippen molar-refractivity contribution in [2.24, 2.45) is 5.73 Å². The summed E-state index contributed by atoms with van der Waals surface area (Å²) in [7, 11) is -4.36. The molecule has 1 heterocycles. The third-order valence-electron chi connectivity index (χ3n) is 4.86. The second-order valence-electron chi connectivity index (χ2n) is 7.13. The van der Waals surface area contributed by atoms with Crippen LogP contribution in [-0.2, 0) is 14.8 Å². The molecule has 9 nitrogen and oxygen atoms in total. The molecule has 1 aliphatic rings. The predicted octanol–water partition coefficient (Wildman–Crippen LogP) is 1.95. The smallest absolute Gasteiger partial charge is 0.323 e. The number of urea groups is 1. The number of amides is 3. The van der Waals surface area contributed by atoms with E-state index in [1.165, 1.54) is 18.2 Å². The van der Waals surface area contributed by atoms with Gasteiger partial charge in [0.15, 0.2) is 6.17 Å². The Morgan fingerprint density at radius 1 is 1.15 bits per heavy atom. The molecule has 0 aliphatic carbocycles. The summed E-state index contributed by atoms with van der Waals surface area (Å²) in [5, 5.41) is 4.56. The highest BCUT2D eigenvalue weighted by molar-refractivity contribution is 7.89. The number of sulfonamides is 1. The van der Waals surface area contributed by atoms with Gasteiger partial charge in [0.2, 0.25) is 10.0 Å². The van der Waals surface area contributed by atoms with Gasteiger partial charge in [-0.3, -0.25) is 9.69 Å². The van der Waals surface area contributed by atoms with E-state index in [0.717, 1.165) is 33.5 Å². The zero-order chi connectivity index (χ0) is 24.2. The third kappa shape index (κ3) is 5.58. The minimum absolute atomic E-state index is 0.0466. The maximum Gasteiger partial charge on any atom is 0.323 e. The zero-order valence-electron chi connectivity index (χ0n) is 17.3. The molecule has 1 fully saturated rings. The van der Waals surface area contributed by atoms with Crippen LogP contribution in [0.3, 0.4) is 0 Å². The topological polar surface area (TPSA) is 125 Å². The van der Waals surface area contributed by atoms with Crippen molar-refractivity contribution in [1.82, 2.24) is 14.5 Å². The van der Waals surface area contributed by atoms with Crippen LogP contribution in [-0.4, -0.2) is 61.9 Å². The highest BCUT2D eigenvalue weighted by Crippen LogP contribution is 2.27. The van der Waals surface area contributed by atoms with E-state index in [9.17, 15) is 26.8 Å². The number of hydrogen-bond acceptors (Lipinski definition) is 5. The summed E-state index contributed by atoms with van der Waals surface area (Å²) in [5.74, 6) is -2.16. The van der Waals surface area contributed by atoms with Gasteiger partial charge in [-0.15, -0.1) is 0 Å². The Morgan fingerprint density at radius 2 is 1.91 bits per heavy atom. The van der Waals surface area contributed by atoms with Crippen LogP contribution in [0.2, 0.25) is 5.02 Å². The lowest BCUT2D eigenvalue weighted by Gasteiger charge is -2.41. The fraction of sp³-hybridized carbons (Fsp3) is 0.300. The van der Waals surface area contributed by atoms with Gasteiger partial charge in [0.05, 0.1) is 9.92 Å². The molecular weight excluding hydrogens is 480 g/mol. The lowest BCUT2D eigenvalue weighted by Crippen LogP contribution is -2.64. The second-order valence-corrected chi connectivity index (χ2v) is 9.43. The number of nitrogens with zero attached hydrogens (tertiary/aromatic N) is 2. The number of nitrogens with two attached hydrogens (primary N) is 1. The Kier molecular flexibility index (Phi) is 7.84. The molecule has 0 aromatic heterocycles. The number of benzene rings is 2. The first-order chi connectivity index (χ1) is 15.6. The fourth-order valence-corrected chi connectivity index (χ4v) is 5.22. The van der Waals surface area contributed by atoms with Gasteiger partial charge in [0.25, 0.3) is 5.91 Å². The molecule has 3 rings (SSSR count). The molecule has 0 spiro atoms. The number of carbonyl (C=O) groups excluding carboxylic acids is 2. The molecule has 2 aromatic carbocycles. The van der Waals surface area contributed by atoms with Crippen molar-refractivity contribution >= 4 is 39.2 Å². The Morgan fingerprint density at radius 3 is 2.58 bits per heavy atom. The van der Waals surface area contributed by atoms with Crippen LogP contribution in [0.4, 0.5) is 19.3 Å². The molecule has 1 unspecified atom stereocenters. The van der Waals surface area contributed by atoms with Crippen molar-refractivity contribution in [3.05, 3.63) is 59.1 Å². The van der Waals surface area contributed by atoms with E-state index in [1.807, 2.05) is 0 Å². The zero-order valence-corrected chi connectivity index (χ0v) is 18.9. The van der Waals surface area contributed by atoms with Gasteiger partial charge in [-0.2, -0.15) is 4.31 Å². The van der Waals surface area contributed by atoms with Crippen molar-refractivity contribution < 1.29 is 26.8 Å². The number of carbonyl (C=O) groups is 2. The summed E-state index contributed by atoms with van der Waals surface area (Å²) in [6.45, 7) is 0.110. The number of anilines is 1. The maximum absolute atomic E-state index is 13.6. The molecule has 1 aliphatic heterocycles. The molecule has 33 heavy (non-hydrogen) atoms. The Hall–Kier alpha value is -2.80. The van der Waals surface area contributed by atoms with Crippen LogP contribution in [0.15, 0.2) is 47.4 Å². The maximum atomic E-state index is 13.6. The molecule has 1 saturated heterocycles. The van der Waals surface area contributed by atoms with E-state index in [4.69, 9.17) is 17.3 Å². The van der Waals surface area contributed by atoms with Gasteiger partial charge < -0.3 is 16.4 Å². The van der Waals surface area contributed by atoms with Gasteiger partial charge in [-0.05, 0) is 42.8 Å². The fourth-order valence-electron chi connectivity index (χ4n) is 3.35.